The van der Waals surface area contributed by atoms with Gasteiger partial charge in [0.15, 0.2) is 0 Å². The highest BCUT2D eigenvalue weighted by Crippen LogP contribution is 2.25. The molecule has 0 aliphatic heterocycles. The molecule has 21 heavy (non-hydrogen) atoms. The first kappa shape index (κ1) is 16.9. The summed E-state index contributed by atoms with van der Waals surface area (Å²) in [7, 11) is 4.31. The fraction of sp³-hybridized carbons (Fsp3) is 0.765. The van der Waals surface area contributed by atoms with Gasteiger partial charge in [0, 0.05) is 41.5 Å². The van der Waals surface area contributed by atoms with Gasteiger partial charge in [-0.3, -0.25) is 4.90 Å². The Morgan fingerprint density at radius 3 is 2.67 bits per heavy atom. The molecule has 4 heteroatoms. The molecule has 1 fully saturated rings. The van der Waals surface area contributed by atoms with Crippen LogP contribution < -0.4 is 5.32 Å². The topological polar surface area (TPSA) is 18.5 Å². The van der Waals surface area contributed by atoms with Crippen LogP contribution in [0, 0.1) is 6.92 Å². The van der Waals surface area contributed by atoms with E-state index in [0.29, 0.717) is 6.04 Å². The van der Waals surface area contributed by atoms with Crippen molar-refractivity contribution < 1.29 is 0 Å². The molecule has 0 radical (unpaired) electrons. The Morgan fingerprint density at radius 2 is 2.10 bits per heavy atom. The zero-order valence-electron chi connectivity index (χ0n) is 14.3. The smallest absolute Gasteiger partial charge is 0.0302 e. The van der Waals surface area contributed by atoms with Crippen LogP contribution in [0.25, 0.3) is 0 Å². The summed E-state index contributed by atoms with van der Waals surface area (Å²) in [6, 6.07) is 3.81. The van der Waals surface area contributed by atoms with Crippen molar-refractivity contribution in [3.8, 4) is 0 Å². The van der Waals surface area contributed by atoms with E-state index in [9.17, 15) is 0 Å². The summed E-state index contributed by atoms with van der Waals surface area (Å²) in [5, 5.41) is 3.62. The summed E-state index contributed by atoms with van der Waals surface area (Å²) < 4.78 is 0. The maximum atomic E-state index is 3.62. The number of aryl methyl sites for hydroxylation is 1. The molecule has 1 unspecified atom stereocenters. The van der Waals surface area contributed by atoms with E-state index in [0.717, 1.165) is 32.2 Å². The minimum Gasteiger partial charge on any atom is -0.309 e. The predicted molar refractivity (Wildman–Crippen MR) is 93.0 cm³/mol. The number of hydrogen-bond acceptors (Lipinski definition) is 4. The maximum absolute atomic E-state index is 3.62. The Bertz CT molecular complexity index is 437. The van der Waals surface area contributed by atoms with Crippen LogP contribution in [-0.4, -0.2) is 49.1 Å². The van der Waals surface area contributed by atoms with Crippen molar-refractivity contribution in [3.05, 3.63) is 21.4 Å². The second-order valence-electron chi connectivity index (χ2n) is 6.62. The van der Waals surface area contributed by atoms with Crippen molar-refractivity contribution in [1.29, 1.82) is 0 Å². The van der Waals surface area contributed by atoms with E-state index in [2.05, 4.69) is 56.0 Å². The molecule has 0 bridgehead atoms. The minimum atomic E-state index is 0.595. The zero-order chi connectivity index (χ0) is 15.4. The van der Waals surface area contributed by atoms with Gasteiger partial charge in [0.2, 0.25) is 0 Å². The van der Waals surface area contributed by atoms with Gasteiger partial charge in [-0.05, 0) is 59.0 Å². The Kier molecular flexibility index (Phi) is 6.23. The molecule has 1 saturated carbocycles. The van der Waals surface area contributed by atoms with Crippen LogP contribution in [-0.2, 0) is 13.1 Å². The predicted octanol–water partition coefficient (Wildman–Crippen LogP) is 3.08. The second-order valence-corrected chi connectivity index (χ2v) is 7.96. The standard InChI is InChI=1S/C17H31N3S/c1-6-20(13(2)11-19(4)5)12-15-9-17(21-14(15)3)10-18-16-7-8-16/h9,13,16,18H,6-8,10-12H2,1-5H3. The molecule has 0 amide bonds. The van der Waals surface area contributed by atoms with E-state index in [1.54, 1.807) is 0 Å². The zero-order valence-corrected chi connectivity index (χ0v) is 15.1. The van der Waals surface area contributed by atoms with Crippen LogP contribution >= 0.6 is 11.3 Å². The number of nitrogens with zero attached hydrogens (tertiary/aromatic N) is 2. The van der Waals surface area contributed by atoms with Crippen molar-refractivity contribution in [1.82, 2.24) is 15.1 Å². The lowest BCUT2D eigenvalue weighted by Crippen LogP contribution is -2.39. The van der Waals surface area contributed by atoms with Crippen molar-refractivity contribution in [2.75, 3.05) is 27.2 Å². The highest BCUT2D eigenvalue weighted by Gasteiger charge is 2.21. The van der Waals surface area contributed by atoms with Gasteiger partial charge < -0.3 is 10.2 Å². The number of nitrogens with one attached hydrogen (secondary N) is 1. The summed E-state index contributed by atoms with van der Waals surface area (Å²) in [5.41, 5.74) is 1.51. The van der Waals surface area contributed by atoms with E-state index in [1.807, 2.05) is 11.3 Å². The fourth-order valence-corrected chi connectivity index (χ4v) is 3.81. The van der Waals surface area contributed by atoms with E-state index in [-0.39, 0.29) is 0 Å². The molecule has 3 nitrogen and oxygen atoms in total. The highest BCUT2D eigenvalue weighted by atomic mass is 32.1. The number of rotatable bonds is 9. The third kappa shape index (κ3) is 5.37. The van der Waals surface area contributed by atoms with Gasteiger partial charge in [0.05, 0.1) is 0 Å². The van der Waals surface area contributed by atoms with Crippen LogP contribution in [0.3, 0.4) is 0 Å². The summed E-state index contributed by atoms with van der Waals surface area (Å²) >= 11 is 1.96. The highest BCUT2D eigenvalue weighted by molar-refractivity contribution is 7.12. The normalized spacial score (nSPS) is 16.9. The lowest BCUT2D eigenvalue weighted by Gasteiger charge is -2.30. The molecule has 2 rings (SSSR count). The molecule has 120 valence electrons. The number of hydrogen-bond donors (Lipinski definition) is 1. The van der Waals surface area contributed by atoms with Gasteiger partial charge in [-0.1, -0.05) is 6.92 Å². The Balaban J connectivity index is 1.92. The first-order valence-corrected chi connectivity index (χ1v) is 9.01. The molecular formula is C17H31N3S. The van der Waals surface area contributed by atoms with Crippen molar-refractivity contribution in [3.63, 3.8) is 0 Å². The van der Waals surface area contributed by atoms with E-state index in [4.69, 9.17) is 0 Å². The second kappa shape index (κ2) is 7.73. The fourth-order valence-electron chi connectivity index (χ4n) is 2.81. The Labute approximate surface area is 134 Å². The van der Waals surface area contributed by atoms with Crippen LogP contribution in [0.5, 0.6) is 0 Å². The molecule has 1 aliphatic carbocycles. The van der Waals surface area contributed by atoms with Crippen LogP contribution in [0.15, 0.2) is 6.07 Å². The minimum absolute atomic E-state index is 0.595. The number of likely N-dealkylation sites (N-methyl/N-ethyl adjacent to an activating group) is 2. The molecule has 1 aromatic rings. The SMILES string of the molecule is CCN(Cc1cc(CNC2CC2)sc1C)C(C)CN(C)C. The van der Waals surface area contributed by atoms with Gasteiger partial charge in [-0.2, -0.15) is 0 Å². The molecule has 0 aromatic carbocycles. The van der Waals surface area contributed by atoms with Crippen molar-refractivity contribution in [2.45, 2.75) is 58.8 Å². The largest absolute Gasteiger partial charge is 0.309 e. The quantitative estimate of drug-likeness (QED) is 0.756. The molecule has 1 heterocycles. The summed E-state index contributed by atoms with van der Waals surface area (Å²) in [4.78, 5) is 7.83. The van der Waals surface area contributed by atoms with E-state index >= 15 is 0 Å². The van der Waals surface area contributed by atoms with Crippen molar-refractivity contribution in [2.24, 2.45) is 0 Å². The number of thiophene rings is 1. The summed E-state index contributed by atoms with van der Waals surface area (Å²) in [6.07, 6.45) is 2.73. The van der Waals surface area contributed by atoms with Crippen LogP contribution in [0.1, 0.15) is 42.0 Å². The van der Waals surface area contributed by atoms with Crippen LogP contribution in [0.2, 0.25) is 0 Å². The van der Waals surface area contributed by atoms with E-state index < -0.39 is 0 Å². The molecule has 1 atom stereocenters. The lowest BCUT2D eigenvalue weighted by atomic mass is 10.2. The van der Waals surface area contributed by atoms with Gasteiger partial charge in [0.1, 0.15) is 0 Å². The Hall–Kier alpha value is -0.420. The van der Waals surface area contributed by atoms with Gasteiger partial charge >= 0.3 is 0 Å². The molecular weight excluding hydrogens is 278 g/mol. The van der Waals surface area contributed by atoms with Gasteiger partial charge in [-0.25, -0.2) is 0 Å². The third-order valence-electron chi connectivity index (χ3n) is 4.25. The molecule has 1 N–H and O–H groups in total. The first-order chi connectivity index (χ1) is 9.99. The monoisotopic (exact) mass is 309 g/mol. The summed E-state index contributed by atoms with van der Waals surface area (Å²) in [5.74, 6) is 0. The van der Waals surface area contributed by atoms with Gasteiger partial charge in [-0.15, -0.1) is 11.3 Å². The van der Waals surface area contributed by atoms with Crippen LogP contribution in [0.4, 0.5) is 0 Å². The summed E-state index contributed by atoms with van der Waals surface area (Å²) in [6.45, 7) is 11.2. The Morgan fingerprint density at radius 1 is 1.38 bits per heavy atom. The third-order valence-corrected chi connectivity index (χ3v) is 5.34. The molecule has 1 aromatic heterocycles. The molecule has 1 aliphatic rings. The average Bonchev–Trinajstić information content (AvgIpc) is 3.17. The first-order valence-electron chi connectivity index (χ1n) is 8.20. The molecule has 0 spiro atoms. The maximum Gasteiger partial charge on any atom is 0.0302 e. The lowest BCUT2D eigenvalue weighted by molar-refractivity contribution is 0.174. The molecule has 0 saturated heterocycles. The van der Waals surface area contributed by atoms with Gasteiger partial charge in [0.25, 0.3) is 0 Å². The van der Waals surface area contributed by atoms with E-state index in [1.165, 1.54) is 28.2 Å². The van der Waals surface area contributed by atoms with Crippen molar-refractivity contribution >= 4 is 11.3 Å². The average molecular weight is 310 g/mol.